The van der Waals surface area contributed by atoms with Gasteiger partial charge in [-0.15, -0.1) is 10.2 Å². The second-order valence-electron chi connectivity index (χ2n) is 12.0. The van der Waals surface area contributed by atoms with Gasteiger partial charge in [0.2, 0.25) is 5.95 Å². The molecule has 5 heterocycles. The number of azo groups is 1. The average Bonchev–Trinajstić information content (AvgIpc) is 4.02. The van der Waals surface area contributed by atoms with Gasteiger partial charge in [-0.1, -0.05) is 43.3 Å². The van der Waals surface area contributed by atoms with E-state index in [9.17, 15) is 9.59 Å². The molecule has 21 heteroatoms. The number of hydrogen-bond donors (Lipinski definition) is 4. The molecule has 0 saturated carbocycles. The summed E-state index contributed by atoms with van der Waals surface area (Å²) < 4.78 is 21.2. The number of carbonyl (C=O) groups excluding carboxylic acids is 2. The Morgan fingerprint density at radius 3 is 2.02 bits per heavy atom. The number of carbonyl (C=O) groups is 2. The third kappa shape index (κ3) is 7.02. The Morgan fingerprint density at radius 1 is 0.754 bits per heavy atom. The zero-order valence-corrected chi connectivity index (χ0v) is 31.3. The minimum Gasteiger partial charge on any atom is -0.467 e. The first-order valence-corrected chi connectivity index (χ1v) is 17.2. The Bertz CT molecular complexity index is 2610. The molecular formula is C36H36N16O5. The molecule has 0 aliphatic carbocycles. The van der Waals surface area contributed by atoms with Gasteiger partial charge in [0.1, 0.15) is 28.3 Å². The van der Waals surface area contributed by atoms with Crippen molar-refractivity contribution in [2.45, 2.75) is 20.3 Å². The summed E-state index contributed by atoms with van der Waals surface area (Å²) in [5, 5.41) is 22.2. The first-order chi connectivity index (χ1) is 27.7. The molecule has 0 amide bonds. The number of aromatic nitrogens is 10. The highest BCUT2D eigenvalue weighted by atomic mass is 16.5. The number of nitrogens with one attached hydrogen (secondary N) is 2. The molecule has 0 unspecified atom stereocenters. The maximum atomic E-state index is 12.6. The first-order valence-electron chi connectivity index (χ1n) is 17.2. The summed E-state index contributed by atoms with van der Waals surface area (Å²) in [6.07, 6.45) is 4.96. The molecule has 0 bridgehead atoms. The summed E-state index contributed by atoms with van der Waals surface area (Å²) in [6, 6.07) is 18.3. The number of ether oxygens (including phenoxy) is 3. The summed E-state index contributed by atoms with van der Waals surface area (Å²) in [5.74, 6) is -0.513. The fourth-order valence-electron chi connectivity index (χ4n) is 5.75. The fourth-order valence-corrected chi connectivity index (χ4v) is 5.75. The minimum absolute atomic E-state index is 0.00103. The molecule has 0 aliphatic heterocycles. The molecule has 5 aromatic heterocycles. The normalized spacial score (nSPS) is 11.2. The maximum Gasteiger partial charge on any atom is 0.343 e. The van der Waals surface area contributed by atoms with Crippen LogP contribution in [-0.2, 0) is 15.9 Å². The predicted molar refractivity (Wildman–Crippen MR) is 207 cm³/mol. The Morgan fingerprint density at radius 2 is 1.37 bits per heavy atom. The van der Waals surface area contributed by atoms with Crippen molar-refractivity contribution in [1.29, 1.82) is 0 Å². The lowest BCUT2D eigenvalue weighted by atomic mass is 10.2. The van der Waals surface area contributed by atoms with Crippen LogP contribution in [0.1, 0.15) is 38.9 Å². The van der Waals surface area contributed by atoms with E-state index in [0.29, 0.717) is 40.4 Å². The van der Waals surface area contributed by atoms with Crippen molar-refractivity contribution in [1.82, 2.24) is 48.9 Å². The molecule has 0 spiro atoms. The monoisotopic (exact) mass is 772 g/mol. The van der Waals surface area contributed by atoms with Gasteiger partial charge in [0.15, 0.2) is 17.5 Å². The Labute approximate surface area is 323 Å². The van der Waals surface area contributed by atoms with Crippen LogP contribution >= 0.6 is 0 Å². The fraction of sp³-hybridized carbons (Fsp3) is 0.167. The summed E-state index contributed by atoms with van der Waals surface area (Å²) >= 11 is 0. The van der Waals surface area contributed by atoms with E-state index < -0.39 is 11.9 Å². The zero-order chi connectivity index (χ0) is 40.2. The highest BCUT2D eigenvalue weighted by Crippen LogP contribution is 2.35. The van der Waals surface area contributed by atoms with Gasteiger partial charge in [-0.05, 0) is 43.2 Å². The number of nitrogen functional groups attached to an aromatic ring is 2. The van der Waals surface area contributed by atoms with Gasteiger partial charge >= 0.3 is 17.9 Å². The Kier molecular flexibility index (Phi) is 10.3. The molecule has 0 aliphatic rings. The number of anilines is 4. The molecule has 0 atom stereocenters. The lowest BCUT2D eigenvalue weighted by Gasteiger charge is -2.14. The SMILES string of the molecule is CCc1cn(-c2nc(OC)nc(-n3nc(C)c(NNc4c(C(=O)OC)cnn4-c4ccccc4)c3N)n2)c(N)c1N=Nc1c(C(=O)OC)cnn1-c1ccccc1. The van der Waals surface area contributed by atoms with Crippen molar-refractivity contribution >= 4 is 46.6 Å². The number of methoxy groups -OCH3 is 3. The summed E-state index contributed by atoms with van der Waals surface area (Å²) in [4.78, 5) is 38.8. The van der Waals surface area contributed by atoms with E-state index in [0.717, 1.165) is 0 Å². The molecule has 6 N–H and O–H groups in total. The molecule has 290 valence electrons. The van der Waals surface area contributed by atoms with Gasteiger partial charge in [0, 0.05) is 6.20 Å². The molecule has 2 aromatic carbocycles. The molecule has 57 heavy (non-hydrogen) atoms. The lowest BCUT2D eigenvalue weighted by Crippen LogP contribution is -2.17. The number of benzene rings is 2. The Hall–Kier alpha value is -8.10. The lowest BCUT2D eigenvalue weighted by molar-refractivity contribution is 0.0592. The van der Waals surface area contributed by atoms with Gasteiger partial charge in [0.05, 0.1) is 50.8 Å². The van der Waals surface area contributed by atoms with Crippen molar-refractivity contribution in [3.63, 3.8) is 0 Å². The van der Waals surface area contributed by atoms with Crippen LogP contribution in [0.25, 0.3) is 23.3 Å². The summed E-state index contributed by atoms with van der Waals surface area (Å²) in [7, 11) is 3.95. The minimum atomic E-state index is -0.635. The molecule has 7 rings (SSSR count). The van der Waals surface area contributed by atoms with Crippen molar-refractivity contribution in [2.24, 2.45) is 10.2 Å². The smallest absolute Gasteiger partial charge is 0.343 e. The van der Waals surface area contributed by atoms with Crippen molar-refractivity contribution in [3.05, 3.63) is 102 Å². The number of esters is 2. The van der Waals surface area contributed by atoms with Crippen LogP contribution in [0.5, 0.6) is 6.01 Å². The van der Waals surface area contributed by atoms with Gasteiger partial charge in [-0.2, -0.15) is 34.9 Å². The third-order valence-electron chi connectivity index (χ3n) is 8.62. The van der Waals surface area contributed by atoms with E-state index in [2.05, 4.69) is 51.3 Å². The van der Waals surface area contributed by atoms with E-state index in [1.54, 1.807) is 13.1 Å². The zero-order valence-electron chi connectivity index (χ0n) is 31.3. The maximum absolute atomic E-state index is 12.6. The second kappa shape index (κ2) is 15.7. The van der Waals surface area contributed by atoms with Crippen LogP contribution in [0.15, 0.2) is 89.5 Å². The van der Waals surface area contributed by atoms with Gasteiger partial charge < -0.3 is 25.7 Å². The van der Waals surface area contributed by atoms with E-state index in [1.807, 2.05) is 67.6 Å². The van der Waals surface area contributed by atoms with E-state index in [4.69, 9.17) is 25.7 Å². The largest absolute Gasteiger partial charge is 0.467 e. The van der Waals surface area contributed by atoms with Crippen molar-refractivity contribution in [2.75, 3.05) is 43.6 Å². The van der Waals surface area contributed by atoms with Crippen LogP contribution in [0.4, 0.5) is 34.6 Å². The van der Waals surface area contributed by atoms with Gasteiger partial charge in [-0.3, -0.25) is 15.4 Å². The van der Waals surface area contributed by atoms with E-state index in [1.165, 1.54) is 52.3 Å². The highest BCUT2D eigenvalue weighted by molar-refractivity contribution is 5.95. The number of hydrazine groups is 1. The average molecular weight is 773 g/mol. The van der Waals surface area contributed by atoms with E-state index in [-0.39, 0.29) is 52.3 Å². The Balaban J connectivity index is 1.23. The van der Waals surface area contributed by atoms with Crippen LogP contribution in [0, 0.1) is 6.92 Å². The van der Waals surface area contributed by atoms with Crippen molar-refractivity contribution < 1.29 is 23.8 Å². The topological polar surface area (TPSA) is 260 Å². The molecule has 21 nitrogen and oxygen atoms in total. The van der Waals surface area contributed by atoms with Crippen molar-refractivity contribution in [3.8, 4) is 29.3 Å². The van der Waals surface area contributed by atoms with Crippen LogP contribution in [0.2, 0.25) is 0 Å². The number of rotatable bonds is 13. The van der Waals surface area contributed by atoms with Crippen LogP contribution in [-0.4, -0.2) is 82.1 Å². The molecular weight excluding hydrogens is 737 g/mol. The second-order valence-corrected chi connectivity index (χ2v) is 12.0. The van der Waals surface area contributed by atoms with Crippen LogP contribution in [0.3, 0.4) is 0 Å². The summed E-state index contributed by atoms with van der Waals surface area (Å²) in [6.45, 7) is 3.64. The third-order valence-corrected chi connectivity index (χ3v) is 8.62. The molecule has 0 fully saturated rings. The first kappa shape index (κ1) is 37.2. The molecule has 0 radical (unpaired) electrons. The van der Waals surface area contributed by atoms with E-state index >= 15 is 0 Å². The number of nitrogens with zero attached hydrogens (tertiary/aromatic N) is 12. The van der Waals surface area contributed by atoms with Gasteiger partial charge in [0.25, 0.3) is 5.95 Å². The predicted octanol–water partition coefficient (Wildman–Crippen LogP) is 4.69. The summed E-state index contributed by atoms with van der Waals surface area (Å²) in [5.41, 5.74) is 22.8. The molecule has 0 saturated heterocycles. The standard InChI is InChI=1S/C36H36N16O5/c1-6-21-19-49(28(37)27(21)45-47-31-25(33(54)56-4)18-40-51(31)23-15-11-8-12-16-23)34-41-35(43-36(42-34)57-5)52-29(38)26(20(2)48-52)44-46-30-24(32(53)55-3)17-39-50(30)22-13-9-7-10-14-22/h7-19,44,46H,6,37-38H2,1-5H3. The molecule has 7 aromatic rings. The highest BCUT2D eigenvalue weighted by Gasteiger charge is 2.24. The van der Waals surface area contributed by atoms with Gasteiger partial charge in [-0.25, -0.2) is 19.0 Å². The number of para-hydroxylation sites is 2. The number of nitrogens with two attached hydrogens (primary N) is 2. The number of hydrogen-bond acceptors (Lipinski definition) is 17. The quantitative estimate of drug-likeness (QED) is 0.0704. The van der Waals surface area contributed by atoms with Crippen LogP contribution < -0.4 is 27.1 Å². The number of aryl methyl sites for hydroxylation is 2.